The molecule has 2 aliphatic carbocycles. The molecule has 0 radical (unpaired) electrons. The Hall–Kier alpha value is -0.0400. The third-order valence-electron chi connectivity index (χ3n) is 9.05. The molecule has 1 atom stereocenters. The Kier molecular flexibility index (Phi) is 11.1. The molecule has 0 aromatic rings. The predicted molar refractivity (Wildman–Crippen MR) is 128 cm³/mol. The summed E-state index contributed by atoms with van der Waals surface area (Å²) >= 11 is 0. The van der Waals surface area contributed by atoms with Crippen molar-refractivity contribution in [1.82, 2.24) is 4.90 Å². The zero-order valence-corrected chi connectivity index (χ0v) is 21.2. The molecule has 0 aromatic carbocycles. The van der Waals surface area contributed by atoms with Gasteiger partial charge in [0.25, 0.3) is 0 Å². The van der Waals surface area contributed by atoms with Crippen LogP contribution in [-0.4, -0.2) is 24.0 Å². The van der Waals surface area contributed by atoms with Gasteiger partial charge in [0, 0.05) is 5.54 Å². The molecular formula is C27H55N. The van der Waals surface area contributed by atoms with Gasteiger partial charge in [-0.2, -0.15) is 0 Å². The lowest BCUT2D eigenvalue weighted by Gasteiger charge is -2.54. The van der Waals surface area contributed by atoms with Crippen LogP contribution in [0.4, 0.5) is 0 Å². The van der Waals surface area contributed by atoms with Crippen molar-refractivity contribution in [1.29, 1.82) is 0 Å². The first-order chi connectivity index (χ1) is 13.3. The maximum Gasteiger partial charge on any atom is 0.0209 e. The number of nitrogens with zero attached hydrogens (tertiary/aromatic N) is 1. The Labute approximate surface area is 179 Å². The second kappa shape index (κ2) is 12.0. The van der Waals surface area contributed by atoms with Crippen LogP contribution in [0.5, 0.6) is 0 Å². The average molecular weight is 394 g/mol. The average Bonchev–Trinajstić information content (AvgIpc) is 2.69. The monoisotopic (exact) mass is 393 g/mol. The number of hydrogen-bond acceptors (Lipinski definition) is 1. The number of likely N-dealkylation sites (tertiary alicyclic amines) is 1. The third-order valence-corrected chi connectivity index (χ3v) is 9.05. The van der Waals surface area contributed by atoms with Gasteiger partial charge >= 0.3 is 0 Å². The Bertz CT molecular complexity index is 392. The van der Waals surface area contributed by atoms with E-state index < -0.39 is 0 Å². The van der Waals surface area contributed by atoms with Crippen LogP contribution in [0.1, 0.15) is 126 Å². The van der Waals surface area contributed by atoms with Gasteiger partial charge in [0.1, 0.15) is 0 Å². The van der Waals surface area contributed by atoms with E-state index in [-0.39, 0.29) is 0 Å². The van der Waals surface area contributed by atoms with Crippen LogP contribution in [0.2, 0.25) is 0 Å². The molecule has 0 bridgehead atoms. The van der Waals surface area contributed by atoms with Crippen LogP contribution in [0, 0.1) is 29.1 Å². The molecule has 0 aromatic heterocycles. The van der Waals surface area contributed by atoms with E-state index in [1.807, 2.05) is 13.8 Å². The summed E-state index contributed by atoms with van der Waals surface area (Å²) in [5.74, 6) is 3.82. The highest BCUT2D eigenvalue weighted by atomic mass is 15.2. The molecule has 3 fully saturated rings. The van der Waals surface area contributed by atoms with Crippen LogP contribution in [0.15, 0.2) is 0 Å². The van der Waals surface area contributed by atoms with Gasteiger partial charge in [0.05, 0.1) is 0 Å². The van der Waals surface area contributed by atoms with Gasteiger partial charge in [0.15, 0.2) is 0 Å². The molecule has 1 heterocycles. The topological polar surface area (TPSA) is 3.24 Å². The fraction of sp³-hybridized carbons (Fsp3) is 1.00. The number of hydrogen-bond donors (Lipinski definition) is 0. The largest absolute Gasteiger partial charge is 0.301 e. The van der Waals surface area contributed by atoms with E-state index in [1.54, 1.807) is 0 Å². The Balaban J connectivity index is 0.000000257. The predicted octanol–water partition coefficient (Wildman–Crippen LogP) is 8.57. The quantitative estimate of drug-likeness (QED) is 0.462. The first kappa shape index (κ1) is 26.0. The van der Waals surface area contributed by atoms with Crippen LogP contribution in [0.25, 0.3) is 0 Å². The molecule has 1 aliphatic heterocycles. The van der Waals surface area contributed by atoms with E-state index in [4.69, 9.17) is 0 Å². The Morgan fingerprint density at radius 1 is 0.786 bits per heavy atom. The summed E-state index contributed by atoms with van der Waals surface area (Å²) in [5.41, 5.74) is 1.37. The molecule has 0 amide bonds. The van der Waals surface area contributed by atoms with Crippen LogP contribution >= 0.6 is 0 Å². The van der Waals surface area contributed by atoms with E-state index in [0.717, 1.165) is 29.1 Å². The molecule has 3 aliphatic rings. The Morgan fingerprint density at radius 3 is 1.64 bits per heavy atom. The smallest absolute Gasteiger partial charge is 0.0209 e. The molecular weight excluding hydrogens is 338 g/mol. The minimum atomic E-state index is 0.646. The van der Waals surface area contributed by atoms with E-state index in [2.05, 4.69) is 53.5 Å². The summed E-state index contributed by atoms with van der Waals surface area (Å²) in [6.45, 7) is 19.6. The molecule has 1 unspecified atom stereocenters. The lowest BCUT2D eigenvalue weighted by molar-refractivity contribution is -0.0286. The molecule has 1 heteroatoms. The molecule has 1 saturated heterocycles. The van der Waals surface area contributed by atoms with Crippen molar-refractivity contribution in [3.8, 4) is 0 Å². The van der Waals surface area contributed by atoms with E-state index in [1.165, 1.54) is 77.2 Å². The summed E-state index contributed by atoms with van der Waals surface area (Å²) in [6.07, 6.45) is 16.0. The number of rotatable bonds is 4. The van der Waals surface area contributed by atoms with Crippen LogP contribution < -0.4 is 0 Å². The second-order valence-corrected chi connectivity index (χ2v) is 10.8. The van der Waals surface area contributed by atoms with Crippen molar-refractivity contribution in [2.75, 3.05) is 13.6 Å². The number of piperidine rings is 1. The fourth-order valence-electron chi connectivity index (χ4n) is 5.96. The van der Waals surface area contributed by atoms with Gasteiger partial charge in [0.2, 0.25) is 0 Å². The summed E-state index contributed by atoms with van der Waals surface area (Å²) in [4.78, 5) is 2.63. The van der Waals surface area contributed by atoms with Gasteiger partial charge in [-0.1, -0.05) is 68.2 Å². The van der Waals surface area contributed by atoms with Crippen molar-refractivity contribution in [2.24, 2.45) is 29.1 Å². The van der Waals surface area contributed by atoms with Crippen molar-refractivity contribution < 1.29 is 0 Å². The first-order valence-corrected chi connectivity index (χ1v) is 13.0. The van der Waals surface area contributed by atoms with Gasteiger partial charge in [-0.05, 0) is 100 Å². The highest BCUT2D eigenvalue weighted by Gasteiger charge is 2.45. The highest BCUT2D eigenvalue weighted by Crippen LogP contribution is 2.47. The van der Waals surface area contributed by atoms with Gasteiger partial charge < -0.3 is 4.90 Å². The normalized spacial score (nSPS) is 26.9. The van der Waals surface area contributed by atoms with Crippen molar-refractivity contribution in [3.63, 3.8) is 0 Å². The second-order valence-electron chi connectivity index (χ2n) is 10.8. The minimum absolute atomic E-state index is 0.646. The van der Waals surface area contributed by atoms with Gasteiger partial charge in [-0.25, -0.2) is 0 Å². The van der Waals surface area contributed by atoms with Crippen LogP contribution in [0.3, 0.4) is 0 Å². The summed E-state index contributed by atoms with van der Waals surface area (Å²) in [7, 11) is 2.33. The lowest BCUT2D eigenvalue weighted by Crippen LogP contribution is -2.56. The summed E-state index contributed by atoms with van der Waals surface area (Å²) < 4.78 is 0. The van der Waals surface area contributed by atoms with Crippen molar-refractivity contribution in [2.45, 2.75) is 132 Å². The van der Waals surface area contributed by atoms with E-state index in [9.17, 15) is 0 Å². The molecule has 3 rings (SSSR count). The van der Waals surface area contributed by atoms with Crippen molar-refractivity contribution >= 4 is 0 Å². The standard InChI is InChI=1S/C13H26.C12H23N.C2H6/c1-5-13(6-2)9-7-12(8-10-13)11(3)4;1-10(2)11-5-8-13(3)12(9-11)6-4-7-12;1-2/h11-12H,5-10H2,1-4H3;10-11H,4-9H2,1-3H3;1-2H3. The molecule has 28 heavy (non-hydrogen) atoms. The lowest BCUT2D eigenvalue weighted by atomic mass is 9.65. The zero-order valence-electron chi connectivity index (χ0n) is 21.2. The zero-order chi connectivity index (χ0) is 21.4. The van der Waals surface area contributed by atoms with Crippen molar-refractivity contribution in [3.05, 3.63) is 0 Å². The van der Waals surface area contributed by atoms with E-state index in [0.29, 0.717) is 5.54 Å². The fourth-order valence-corrected chi connectivity index (χ4v) is 5.96. The maximum atomic E-state index is 2.63. The summed E-state index contributed by atoms with van der Waals surface area (Å²) in [5, 5.41) is 0. The van der Waals surface area contributed by atoms with Gasteiger partial charge in [-0.15, -0.1) is 0 Å². The SMILES string of the molecule is CC.CC(C)C1CCN(C)C2(CCC2)C1.CCC1(CC)CCC(C(C)C)CC1. The van der Waals surface area contributed by atoms with Crippen LogP contribution in [-0.2, 0) is 0 Å². The molecule has 2 saturated carbocycles. The van der Waals surface area contributed by atoms with Gasteiger partial charge in [-0.3, -0.25) is 0 Å². The highest BCUT2D eigenvalue weighted by molar-refractivity contribution is 5.01. The Morgan fingerprint density at radius 2 is 1.29 bits per heavy atom. The molecule has 1 nitrogen and oxygen atoms in total. The third kappa shape index (κ3) is 6.48. The molecule has 0 N–H and O–H groups in total. The minimum Gasteiger partial charge on any atom is -0.301 e. The molecule has 168 valence electrons. The molecule has 1 spiro atoms. The van der Waals surface area contributed by atoms with E-state index >= 15 is 0 Å². The summed E-state index contributed by atoms with van der Waals surface area (Å²) in [6, 6.07) is 0. The maximum absolute atomic E-state index is 2.63. The first-order valence-electron chi connectivity index (χ1n) is 13.0.